The van der Waals surface area contributed by atoms with Crippen molar-refractivity contribution in [3.8, 4) is 17.2 Å². The zero-order valence-electron chi connectivity index (χ0n) is 13.6. The second-order valence-electron chi connectivity index (χ2n) is 5.30. The maximum atomic E-state index is 11.9. The number of halogens is 1. The molecule has 7 heteroatoms. The Bertz CT molecular complexity index is 808. The van der Waals surface area contributed by atoms with Gasteiger partial charge in [-0.3, -0.25) is 4.79 Å². The standard InChI is InChI=1S/C18H17BrN2O4/c1-2-13-8-14(19)4-6-15(13)23-10-18(22)21-20-9-12-3-5-16-17(7-12)25-11-24-16/h3-9H,2,10-11H2,1H3,(H,21,22)/b20-9+. The van der Waals surface area contributed by atoms with Crippen molar-refractivity contribution < 1.29 is 19.0 Å². The largest absolute Gasteiger partial charge is 0.483 e. The molecule has 0 saturated heterocycles. The highest BCUT2D eigenvalue weighted by Crippen LogP contribution is 2.31. The summed E-state index contributed by atoms with van der Waals surface area (Å²) >= 11 is 3.42. The molecule has 130 valence electrons. The van der Waals surface area contributed by atoms with Crippen LogP contribution in [0.2, 0.25) is 0 Å². The molecule has 0 spiro atoms. The number of amides is 1. The maximum absolute atomic E-state index is 11.9. The lowest BCUT2D eigenvalue weighted by molar-refractivity contribution is -0.123. The van der Waals surface area contributed by atoms with E-state index in [1.165, 1.54) is 6.21 Å². The highest BCUT2D eigenvalue weighted by molar-refractivity contribution is 9.10. The van der Waals surface area contributed by atoms with Gasteiger partial charge in [0.1, 0.15) is 5.75 Å². The number of ether oxygens (including phenoxy) is 3. The molecule has 1 aliphatic heterocycles. The highest BCUT2D eigenvalue weighted by atomic mass is 79.9. The average molecular weight is 405 g/mol. The normalized spacial score (nSPS) is 12.4. The molecule has 2 aromatic carbocycles. The molecule has 0 saturated carbocycles. The Kier molecular flexibility index (Phi) is 5.55. The van der Waals surface area contributed by atoms with Crippen LogP contribution in [0.4, 0.5) is 0 Å². The first-order valence-electron chi connectivity index (χ1n) is 7.78. The Morgan fingerprint density at radius 2 is 2.12 bits per heavy atom. The fraction of sp³-hybridized carbons (Fsp3) is 0.222. The van der Waals surface area contributed by atoms with Gasteiger partial charge in [-0.1, -0.05) is 22.9 Å². The first-order chi connectivity index (χ1) is 12.2. The van der Waals surface area contributed by atoms with Crippen molar-refractivity contribution in [2.45, 2.75) is 13.3 Å². The number of aryl methyl sites for hydroxylation is 1. The summed E-state index contributed by atoms with van der Waals surface area (Å²) in [4.78, 5) is 11.9. The van der Waals surface area contributed by atoms with E-state index in [1.54, 1.807) is 12.1 Å². The van der Waals surface area contributed by atoms with E-state index in [1.807, 2.05) is 31.2 Å². The lowest BCUT2D eigenvalue weighted by Gasteiger charge is -2.10. The Morgan fingerprint density at radius 1 is 1.28 bits per heavy atom. The molecule has 0 unspecified atom stereocenters. The van der Waals surface area contributed by atoms with Crippen LogP contribution < -0.4 is 19.6 Å². The number of nitrogens with one attached hydrogen (secondary N) is 1. The smallest absolute Gasteiger partial charge is 0.277 e. The first kappa shape index (κ1) is 17.3. The lowest BCUT2D eigenvalue weighted by Crippen LogP contribution is -2.24. The molecule has 1 amide bonds. The van der Waals surface area contributed by atoms with E-state index in [4.69, 9.17) is 14.2 Å². The third kappa shape index (κ3) is 4.51. The van der Waals surface area contributed by atoms with Gasteiger partial charge in [0.25, 0.3) is 5.91 Å². The van der Waals surface area contributed by atoms with Crippen LogP contribution in [0.15, 0.2) is 46.0 Å². The van der Waals surface area contributed by atoms with Crippen LogP contribution in [0, 0.1) is 0 Å². The molecular formula is C18H17BrN2O4. The predicted molar refractivity (Wildman–Crippen MR) is 97.3 cm³/mol. The number of nitrogens with zero attached hydrogens (tertiary/aromatic N) is 1. The number of rotatable bonds is 6. The van der Waals surface area contributed by atoms with Crippen LogP contribution >= 0.6 is 15.9 Å². The molecule has 0 aliphatic carbocycles. The van der Waals surface area contributed by atoms with Gasteiger partial charge in [0, 0.05) is 4.47 Å². The minimum atomic E-state index is -0.332. The molecule has 1 aliphatic rings. The lowest BCUT2D eigenvalue weighted by atomic mass is 10.1. The van der Waals surface area contributed by atoms with E-state index in [0.717, 1.165) is 22.0 Å². The zero-order valence-corrected chi connectivity index (χ0v) is 15.2. The molecule has 0 atom stereocenters. The summed E-state index contributed by atoms with van der Waals surface area (Å²) in [7, 11) is 0. The molecule has 0 aromatic heterocycles. The Morgan fingerprint density at radius 3 is 2.96 bits per heavy atom. The van der Waals surface area contributed by atoms with Gasteiger partial charge in [0.2, 0.25) is 6.79 Å². The number of hydrazone groups is 1. The predicted octanol–water partition coefficient (Wildman–Crippen LogP) is 3.27. The minimum absolute atomic E-state index is 0.104. The fourth-order valence-corrected chi connectivity index (χ4v) is 2.72. The monoisotopic (exact) mass is 404 g/mol. The molecule has 2 aromatic rings. The Labute approximate surface area is 153 Å². The van der Waals surface area contributed by atoms with Crippen molar-refractivity contribution >= 4 is 28.1 Å². The van der Waals surface area contributed by atoms with Crippen LogP contribution in [0.25, 0.3) is 0 Å². The molecule has 0 bridgehead atoms. The van der Waals surface area contributed by atoms with E-state index >= 15 is 0 Å². The summed E-state index contributed by atoms with van der Waals surface area (Å²) in [5.74, 6) is 1.74. The van der Waals surface area contributed by atoms with Crippen LogP contribution in [0.1, 0.15) is 18.1 Å². The number of carbonyl (C=O) groups is 1. The topological polar surface area (TPSA) is 69.2 Å². The van der Waals surface area contributed by atoms with Gasteiger partial charge in [-0.15, -0.1) is 0 Å². The third-order valence-electron chi connectivity index (χ3n) is 3.56. The number of carbonyl (C=O) groups excluding carboxylic acids is 1. The van der Waals surface area contributed by atoms with Gasteiger partial charge in [-0.2, -0.15) is 5.10 Å². The average Bonchev–Trinajstić information content (AvgIpc) is 3.08. The number of benzene rings is 2. The molecule has 1 N–H and O–H groups in total. The van der Waals surface area contributed by atoms with Crippen molar-refractivity contribution in [2.75, 3.05) is 13.4 Å². The number of hydrogen-bond donors (Lipinski definition) is 1. The van der Waals surface area contributed by atoms with E-state index in [9.17, 15) is 4.79 Å². The van der Waals surface area contributed by atoms with E-state index in [2.05, 4.69) is 26.5 Å². The van der Waals surface area contributed by atoms with Gasteiger partial charge in [-0.25, -0.2) is 5.43 Å². The van der Waals surface area contributed by atoms with Gasteiger partial charge in [-0.05, 0) is 53.9 Å². The van der Waals surface area contributed by atoms with E-state index in [-0.39, 0.29) is 19.3 Å². The van der Waals surface area contributed by atoms with Gasteiger partial charge in [0.05, 0.1) is 6.21 Å². The van der Waals surface area contributed by atoms with Gasteiger partial charge >= 0.3 is 0 Å². The van der Waals surface area contributed by atoms with Crippen molar-refractivity contribution in [1.82, 2.24) is 5.43 Å². The quantitative estimate of drug-likeness (QED) is 0.592. The van der Waals surface area contributed by atoms with Crippen LogP contribution in [0.5, 0.6) is 17.2 Å². The van der Waals surface area contributed by atoms with Crippen LogP contribution in [0.3, 0.4) is 0 Å². The summed E-state index contributed by atoms with van der Waals surface area (Å²) in [5.41, 5.74) is 4.27. The Balaban J connectivity index is 1.51. The minimum Gasteiger partial charge on any atom is -0.483 e. The molecule has 1 heterocycles. The highest BCUT2D eigenvalue weighted by Gasteiger charge is 2.12. The third-order valence-corrected chi connectivity index (χ3v) is 4.05. The number of fused-ring (bicyclic) bond motifs is 1. The fourth-order valence-electron chi connectivity index (χ4n) is 2.31. The van der Waals surface area contributed by atoms with Crippen LogP contribution in [-0.2, 0) is 11.2 Å². The summed E-state index contributed by atoms with van der Waals surface area (Å²) in [5, 5.41) is 3.93. The molecule has 3 rings (SSSR count). The summed E-state index contributed by atoms with van der Waals surface area (Å²) in [6.45, 7) is 2.15. The maximum Gasteiger partial charge on any atom is 0.277 e. The van der Waals surface area contributed by atoms with Crippen molar-refractivity contribution in [3.63, 3.8) is 0 Å². The molecule has 25 heavy (non-hydrogen) atoms. The molecule has 0 fully saturated rings. The molecule has 0 radical (unpaired) electrons. The van der Waals surface area contributed by atoms with Crippen molar-refractivity contribution in [3.05, 3.63) is 52.0 Å². The van der Waals surface area contributed by atoms with Crippen LogP contribution in [-0.4, -0.2) is 25.5 Å². The molecule has 6 nitrogen and oxygen atoms in total. The van der Waals surface area contributed by atoms with Crippen molar-refractivity contribution in [2.24, 2.45) is 5.10 Å². The van der Waals surface area contributed by atoms with Gasteiger partial charge < -0.3 is 14.2 Å². The van der Waals surface area contributed by atoms with E-state index in [0.29, 0.717) is 17.2 Å². The SMILES string of the molecule is CCc1cc(Br)ccc1OCC(=O)N/N=C/c1ccc2c(c1)OCO2. The second-order valence-corrected chi connectivity index (χ2v) is 6.22. The summed E-state index contributed by atoms with van der Waals surface area (Å²) in [6, 6.07) is 11.1. The van der Waals surface area contributed by atoms with Gasteiger partial charge in [0.15, 0.2) is 18.1 Å². The summed E-state index contributed by atoms with van der Waals surface area (Å²) in [6.07, 6.45) is 2.36. The van der Waals surface area contributed by atoms with Crippen molar-refractivity contribution in [1.29, 1.82) is 0 Å². The zero-order chi connectivity index (χ0) is 17.6. The van der Waals surface area contributed by atoms with E-state index < -0.39 is 0 Å². The summed E-state index contributed by atoms with van der Waals surface area (Å²) < 4.78 is 17.1. The first-order valence-corrected chi connectivity index (χ1v) is 8.58. The molecular weight excluding hydrogens is 388 g/mol. The Hall–Kier alpha value is -2.54. The number of hydrogen-bond acceptors (Lipinski definition) is 5. The second kappa shape index (κ2) is 8.02.